The van der Waals surface area contributed by atoms with E-state index in [1.807, 2.05) is 90.4 Å². The van der Waals surface area contributed by atoms with Crippen LogP contribution < -0.4 is 0 Å². The highest BCUT2D eigenvalue weighted by Gasteiger charge is 2.23. The summed E-state index contributed by atoms with van der Waals surface area (Å²) in [5, 5.41) is 39.2. The van der Waals surface area contributed by atoms with Gasteiger partial charge < -0.3 is 29.9 Å². The minimum absolute atomic E-state index is 0.00446. The van der Waals surface area contributed by atoms with E-state index >= 15 is 0 Å². The summed E-state index contributed by atoms with van der Waals surface area (Å²) in [6.45, 7) is 1.03. The number of carbonyl (C=O) groups is 3. The second kappa shape index (κ2) is 12.8. The van der Waals surface area contributed by atoms with Crippen LogP contribution in [0.15, 0.2) is 12.1 Å². The lowest BCUT2D eigenvalue weighted by Crippen LogP contribution is -2.16. The zero-order valence-corrected chi connectivity index (χ0v) is 25.2. The van der Waals surface area contributed by atoms with Gasteiger partial charge in [0.2, 0.25) is 0 Å². The molecular weight excluding hydrogens is 892 g/mol. The first-order valence-corrected chi connectivity index (χ1v) is 13.4. The van der Waals surface area contributed by atoms with E-state index in [0.29, 0.717) is 38.6 Å². The molecular formula is C20H16I4O9. The summed E-state index contributed by atoms with van der Waals surface area (Å²) in [7, 11) is 0. The molecule has 3 rings (SSSR count). The summed E-state index contributed by atoms with van der Waals surface area (Å²) in [4.78, 5) is 33.1. The lowest BCUT2D eigenvalue weighted by atomic mass is 9.96. The molecule has 0 spiro atoms. The highest BCUT2D eigenvalue weighted by molar-refractivity contribution is 14.1. The number of carboxylic acid groups (broad SMARTS) is 2. The van der Waals surface area contributed by atoms with Crippen LogP contribution in [0.1, 0.15) is 38.3 Å². The molecule has 178 valence electrons. The van der Waals surface area contributed by atoms with E-state index in [2.05, 4.69) is 9.47 Å². The van der Waals surface area contributed by atoms with Crippen molar-refractivity contribution in [3.63, 3.8) is 0 Å². The average molecular weight is 908 g/mol. The van der Waals surface area contributed by atoms with E-state index in [1.165, 1.54) is 12.1 Å². The molecule has 0 unspecified atom stereocenters. The molecule has 0 radical (unpaired) electrons. The Labute approximate surface area is 242 Å². The minimum Gasteiger partial charge on any atom is -0.506 e. The maximum Gasteiger partial charge on any atom is 0.508 e. The number of halogens is 4. The van der Waals surface area contributed by atoms with Gasteiger partial charge >= 0.3 is 18.1 Å². The van der Waals surface area contributed by atoms with Gasteiger partial charge in [-0.1, -0.05) is 0 Å². The average Bonchev–Trinajstić information content (AvgIpc) is 2.76. The number of rotatable bonds is 5. The largest absolute Gasteiger partial charge is 0.508 e. The highest BCUT2D eigenvalue weighted by Crippen LogP contribution is 2.35. The molecule has 0 amide bonds. The Balaban J connectivity index is 0.000000468. The van der Waals surface area contributed by atoms with Gasteiger partial charge in [-0.05, 0) is 126 Å². The molecule has 33 heavy (non-hydrogen) atoms. The Morgan fingerprint density at radius 3 is 1.42 bits per heavy atom. The Kier molecular flexibility index (Phi) is 11.0. The lowest BCUT2D eigenvalue weighted by molar-refractivity contribution is 0.0192. The van der Waals surface area contributed by atoms with Crippen LogP contribution in [0.5, 0.6) is 11.5 Å². The third-order valence-electron chi connectivity index (χ3n) is 4.40. The van der Waals surface area contributed by atoms with Crippen molar-refractivity contribution < 1.29 is 44.3 Å². The molecule has 9 nitrogen and oxygen atoms in total. The predicted octanol–water partition coefficient (Wildman–Crippen LogP) is 5.24. The molecule has 1 fully saturated rings. The molecule has 0 aromatic heterocycles. The third-order valence-corrected chi connectivity index (χ3v) is 8.37. The topological polar surface area (TPSA) is 151 Å². The van der Waals surface area contributed by atoms with E-state index in [-0.39, 0.29) is 35.5 Å². The molecule has 2 aromatic carbocycles. The van der Waals surface area contributed by atoms with Crippen LogP contribution in [0.25, 0.3) is 0 Å². The Morgan fingerprint density at radius 1 is 0.788 bits per heavy atom. The van der Waals surface area contributed by atoms with E-state index in [4.69, 9.17) is 0 Å². The quantitative estimate of drug-likeness (QED) is 0.234. The normalized spacial score (nSPS) is 12.8. The summed E-state index contributed by atoms with van der Waals surface area (Å²) >= 11 is 7.50. The first-order chi connectivity index (χ1) is 15.5. The maximum absolute atomic E-state index is 11.6. The fourth-order valence-electron chi connectivity index (χ4n) is 2.83. The Morgan fingerprint density at radius 2 is 1.15 bits per heavy atom. The van der Waals surface area contributed by atoms with Crippen molar-refractivity contribution in [2.75, 3.05) is 13.2 Å². The van der Waals surface area contributed by atoms with Crippen molar-refractivity contribution in [2.24, 2.45) is 0 Å². The first kappa shape index (κ1) is 28.4. The van der Waals surface area contributed by atoms with Crippen LogP contribution in [0.2, 0.25) is 0 Å². The van der Waals surface area contributed by atoms with Crippen LogP contribution >= 0.6 is 90.4 Å². The molecule has 13 heteroatoms. The third kappa shape index (κ3) is 7.33. The van der Waals surface area contributed by atoms with E-state index in [1.54, 1.807) is 0 Å². The van der Waals surface area contributed by atoms with Gasteiger partial charge in [-0.2, -0.15) is 0 Å². The monoisotopic (exact) mass is 908 g/mol. The number of phenolic OH excluding ortho intramolecular Hbond substituents is 2. The van der Waals surface area contributed by atoms with Crippen LogP contribution in [-0.2, 0) is 22.3 Å². The van der Waals surface area contributed by atoms with Crippen LogP contribution in [-0.4, -0.2) is 51.7 Å². The second-order valence-electron chi connectivity index (χ2n) is 6.50. The van der Waals surface area contributed by atoms with Gasteiger partial charge in [0.25, 0.3) is 0 Å². The number of hydrogen-bond acceptors (Lipinski definition) is 7. The molecule has 0 aliphatic carbocycles. The zero-order chi connectivity index (χ0) is 24.9. The predicted molar refractivity (Wildman–Crippen MR) is 150 cm³/mol. The summed E-state index contributed by atoms with van der Waals surface area (Å²) < 4.78 is 10.5. The number of ether oxygens (including phenoxy) is 2. The van der Waals surface area contributed by atoms with Crippen molar-refractivity contribution in [1.82, 2.24) is 0 Å². The summed E-state index contributed by atoms with van der Waals surface area (Å²) in [5.74, 6) is -2.22. The fourth-order valence-corrected chi connectivity index (χ4v) is 6.72. The first-order valence-electron chi connectivity index (χ1n) is 9.11. The van der Waals surface area contributed by atoms with E-state index in [9.17, 15) is 34.8 Å². The van der Waals surface area contributed by atoms with Crippen molar-refractivity contribution in [1.29, 1.82) is 0 Å². The number of aromatic hydroxyl groups is 2. The number of hydrogen-bond donors (Lipinski definition) is 4. The fraction of sp³-hybridized carbons (Fsp3) is 0.250. The van der Waals surface area contributed by atoms with Gasteiger partial charge in [-0.3, -0.25) is 0 Å². The van der Waals surface area contributed by atoms with Crippen LogP contribution in [0, 0.1) is 14.3 Å². The number of phenols is 2. The molecule has 0 bridgehead atoms. The summed E-state index contributed by atoms with van der Waals surface area (Å²) in [6.07, 6.45) is 0.707. The lowest BCUT2D eigenvalue weighted by Gasteiger charge is -2.15. The number of carbonyl (C=O) groups excluding carboxylic acids is 1. The number of cyclic esters (lactones) is 2. The van der Waals surface area contributed by atoms with Crippen LogP contribution in [0.4, 0.5) is 4.79 Å². The standard InChI is InChI=1S/C16H10I4O6.C4H6O3/c17-9-3-7(15(23)24)5(11(19)13(9)21)1-2-6-8(16(25)26)4-10(18)14(22)12(6)20;5-4-6-2-1-3-7-4/h3-4,21-22H,1-2H2,(H,23,24)(H,25,26);1-3H2. The second-order valence-corrected chi connectivity index (χ2v) is 11.0. The van der Waals surface area contributed by atoms with Crippen molar-refractivity contribution in [3.05, 3.63) is 48.7 Å². The van der Waals surface area contributed by atoms with Gasteiger partial charge in [0.05, 0.1) is 38.6 Å². The molecule has 1 aliphatic rings. The molecule has 4 N–H and O–H groups in total. The molecule has 1 saturated heterocycles. The van der Waals surface area contributed by atoms with Gasteiger partial charge in [-0.15, -0.1) is 0 Å². The van der Waals surface area contributed by atoms with Gasteiger partial charge in [0, 0.05) is 6.42 Å². The van der Waals surface area contributed by atoms with E-state index < -0.39 is 18.1 Å². The number of aromatic carboxylic acids is 2. The highest BCUT2D eigenvalue weighted by atomic mass is 127. The molecule has 2 aromatic rings. The van der Waals surface area contributed by atoms with E-state index in [0.717, 1.165) is 6.42 Å². The SMILES string of the molecule is O=C(O)c1cc(I)c(O)c(I)c1CCc1c(C(=O)O)cc(I)c(O)c1I.O=C1OCCCO1. The zero-order valence-electron chi connectivity index (χ0n) is 16.5. The minimum atomic E-state index is -1.12. The molecule has 1 aliphatic heterocycles. The summed E-state index contributed by atoms with van der Waals surface area (Å²) in [6, 6.07) is 2.79. The maximum atomic E-state index is 11.6. The van der Waals surface area contributed by atoms with Crippen molar-refractivity contribution >= 4 is 108 Å². The van der Waals surface area contributed by atoms with Gasteiger partial charge in [0.1, 0.15) is 11.5 Å². The molecule has 0 atom stereocenters. The smallest absolute Gasteiger partial charge is 0.506 e. The molecule has 0 saturated carbocycles. The number of benzene rings is 2. The summed E-state index contributed by atoms with van der Waals surface area (Å²) in [5.41, 5.74) is 0.999. The van der Waals surface area contributed by atoms with Crippen molar-refractivity contribution in [3.8, 4) is 11.5 Å². The Bertz CT molecular complexity index is 1020. The van der Waals surface area contributed by atoms with Crippen LogP contribution in [0.3, 0.4) is 0 Å². The number of carboxylic acids is 2. The van der Waals surface area contributed by atoms with Gasteiger partial charge in [-0.25, -0.2) is 14.4 Å². The van der Waals surface area contributed by atoms with Gasteiger partial charge in [0.15, 0.2) is 0 Å². The molecule has 1 heterocycles. The Hall–Kier alpha value is -0.830. The van der Waals surface area contributed by atoms with Crippen molar-refractivity contribution in [2.45, 2.75) is 19.3 Å².